The van der Waals surface area contributed by atoms with Crippen LogP contribution in [0.5, 0.6) is 5.75 Å². The van der Waals surface area contributed by atoms with Crippen molar-refractivity contribution in [1.82, 2.24) is 4.98 Å². The van der Waals surface area contributed by atoms with Gasteiger partial charge in [0.2, 0.25) is 0 Å². The summed E-state index contributed by atoms with van der Waals surface area (Å²) in [7, 11) is 1.65. The van der Waals surface area contributed by atoms with Gasteiger partial charge in [-0.15, -0.1) is 0 Å². The number of carbonyl (C=O) groups is 1. The second kappa shape index (κ2) is 4.59. The molecule has 5 nitrogen and oxygen atoms in total. The van der Waals surface area contributed by atoms with Gasteiger partial charge < -0.3 is 24.9 Å². The standard InChI is InChI=1S/C14H16N2O3/c1-19-8-2-3-11-10(6-8)9-4-5-15-12(7-13(17)18)14(9)16-11/h2-3,6,12,15-16H,4-5,7H2,1H3,(H,17,18)/t12-/m1/s1. The molecule has 3 N–H and O–H groups in total. The van der Waals surface area contributed by atoms with Gasteiger partial charge in [-0.1, -0.05) is 0 Å². The first kappa shape index (κ1) is 12.0. The van der Waals surface area contributed by atoms with Crippen molar-refractivity contribution in [1.29, 1.82) is 0 Å². The average Bonchev–Trinajstić information content (AvgIpc) is 2.77. The van der Waals surface area contributed by atoms with Gasteiger partial charge in [-0.2, -0.15) is 0 Å². The second-order valence-corrected chi connectivity index (χ2v) is 4.89. The van der Waals surface area contributed by atoms with E-state index in [9.17, 15) is 9.90 Å². The number of nitrogens with two attached hydrogens (primary N) is 1. The van der Waals surface area contributed by atoms with Gasteiger partial charge in [0.1, 0.15) is 11.8 Å². The molecule has 5 heteroatoms. The molecule has 1 aromatic carbocycles. The molecule has 19 heavy (non-hydrogen) atoms. The molecule has 0 unspecified atom stereocenters. The highest BCUT2D eigenvalue weighted by molar-refractivity contribution is 5.86. The van der Waals surface area contributed by atoms with E-state index in [0.29, 0.717) is 0 Å². The quantitative estimate of drug-likeness (QED) is 0.779. The molecule has 1 aliphatic rings. The van der Waals surface area contributed by atoms with Crippen LogP contribution in [0.25, 0.3) is 10.9 Å². The molecule has 0 spiro atoms. The van der Waals surface area contributed by atoms with E-state index in [0.717, 1.165) is 35.3 Å². The van der Waals surface area contributed by atoms with Gasteiger partial charge in [-0.3, -0.25) is 0 Å². The summed E-state index contributed by atoms with van der Waals surface area (Å²) in [6.45, 7) is 0.898. The molecule has 2 aromatic rings. The van der Waals surface area contributed by atoms with E-state index < -0.39 is 5.97 Å². The highest BCUT2D eigenvalue weighted by Crippen LogP contribution is 2.31. The van der Waals surface area contributed by atoms with Crippen LogP contribution in [0.1, 0.15) is 23.7 Å². The third-order valence-electron chi connectivity index (χ3n) is 3.75. The molecule has 2 heterocycles. The third-order valence-corrected chi connectivity index (χ3v) is 3.75. The Labute approximate surface area is 110 Å². The second-order valence-electron chi connectivity index (χ2n) is 4.89. The van der Waals surface area contributed by atoms with Crippen molar-refractivity contribution < 1.29 is 20.0 Å². The van der Waals surface area contributed by atoms with Gasteiger partial charge in [-0.05, 0) is 23.8 Å². The Balaban J connectivity index is 2.10. The zero-order valence-corrected chi connectivity index (χ0v) is 10.7. The number of aromatic nitrogens is 1. The fourth-order valence-electron chi connectivity index (χ4n) is 2.87. The number of benzene rings is 1. The lowest BCUT2D eigenvalue weighted by Crippen LogP contribution is -2.87. The summed E-state index contributed by atoms with van der Waals surface area (Å²) < 4.78 is 5.25. The van der Waals surface area contributed by atoms with E-state index in [-0.39, 0.29) is 12.5 Å². The number of hydrogen-bond donors (Lipinski definition) is 2. The van der Waals surface area contributed by atoms with Crippen LogP contribution in [-0.2, 0) is 11.2 Å². The van der Waals surface area contributed by atoms with Crippen molar-refractivity contribution in [2.75, 3.05) is 13.7 Å². The minimum atomic E-state index is -1.01. The molecule has 3 rings (SSSR count). The van der Waals surface area contributed by atoms with Gasteiger partial charge in [0.25, 0.3) is 0 Å². The summed E-state index contributed by atoms with van der Waals surface area (Å²) in [6, 6.07) is 5.81. The molecule has 0 amide bonds. The van der Waals surface area contributed by atoms with Crippen molar-refractivity contribution in [3.8, 4) is 5.75 Å². The Morgan fingerprint density at radius 3 is 3.16 bits per heavy atom. The molecule has 100 valence electrons. The zero-order valence-electron chi connectivity index (χ0n) is 10.7. The fraction of sp³-hybridized carbons (Fsp3) is 0.357. The van der Waals surface area contributed by atoms with Crippen LogP contribution < -0.4 is 15.2 Å². The highest BCUT2D eigenvalue weighted by atomic mass is 16.5. The topological polar surface area (TPSA) is 81.8 Å². The number of hydrogen-bond acceptors (Lipinski definition) is 3. The SMILES string of the molecule is COc1ccc2[nH]c3c(c2c1)CC[NH2+][C@@H]3CC(=O)[O-]. The third kappa shape index (κ3) is 2.06. The van der Waals surface area contributed by atoms with E-state index in [1.807, 2.05) is 18.2 Å². The van der Waals surface area contributed by atoms with Gasteiger partial charge >= 0.3 is 0 Å². The molecule has 0 fully saturated rings. The molecule has 0 aliphatic carbocycles. The molecule has 1 aliphatic heterocycles. The van der Waals surface area contributed by atoms with Crippen LogP contribution in [0.3, 0.4) is 0 Å². The Hall–Kier alpha value is -2.01. The molecule has 0 radical (unpaired) electrons. The van der Waals surface area contributed by atoms with Crippen molar-refractivity contribution >= 4 is 16.9 Å². The lowest BCUT2D eigenvalue weighted by molar-refractivity contribution is -0.699. The number of H-pyrrole nitrogens is 1. The predicted octanol–water partition coefficient (Wildman–Crippen LogP) is -0.523. The first-order valence-electron chi connectivity index (χ1n) is 6.40. The van der Waals surface area contributed by atoms with Crippen LogP contribution in [0, 0.1) is 0 Å². The number of aliphatic carboxylic acids is 1. The van der Waals surface area contributed by atoms with Crippen molar-refractivity contribution in [2.24, 2.45) is 0 Å². The summed E-state index contributed by atoms with van der Waals surface area (Å²) >= 11 is 0. The molecule has 1 aromatic heterocycles. The highest BCUT2D eigenvalue weighted by Gasteiger charge is 2.27. The van der Waals surface area contributed by atoms with Crippen molar-refractivity contribution in [2.45, 2.75) is 18.9 Å². The van der Waals surface area contributed by atoms with Crippen molar-refractivity contribution in [3.05, 3.63) is 29.5 Å². The summed E-state index contributed by atoms with van der Waals surface area (Å²) in [5.41, 5.74) is 3.26. The van der Waals surface area contributed by atoms with Crippen molar-refractivity contribution in [3.63, 3.8) is 0 Å². The smallest absolute Gasteiger partial charge is 0.132 e. The van der Waals surface area contributed by atoms with Crippen LogP contribution >= 0.6 is 0 Å². The number of aromatic amines is 1. The monoisotopic (exact) mass is 260 g/mol. The number of quaternary nitrogens is 1. The number of carboxylic acids is 1. The molecule has 0 bridgehead atoms. The van der Waals surface area contributed by atoms with Crippen LogP contribution in [0.15, 0.2) is 18.2 Å². The van der Waals surface area contributed by atoms with E-state index in [2.05, 4.69) is 10.3 Å². The molecule has 0 saturated carbocycles. The van der Waals surface area contributed by atoms with Crippen LogP contribution in [0.4, 0.5) is 0 Å². The zero-order chi connectivity index (χ0) is 13.4. The number of carbonyl (C=O) groups excluding carboxylic acids is 1. The van der Waals surface area contributed by atoms with Gasteiger partial charge in [0.15, 0.2) is 0 Å². The number of rotatable bonds is 3. The Morgan fingerprint density at radius 1 is 1.58 bits per heavy atom. The molecule has 1 atom stereocenters. The number of carboxylic acid groups (broad SMARTS) is 1. The van der Waals surface area contributed by atoms with Gasteiger partial charge in [-0.25, -0.2) is 0 Å². The molecule has 0 saturated heterocycles. The summed E-state index contributed by atoms with van der Waals surface area (Å²) in [5.74, 6) is -0.189. The maximum Gasteiger partial charge on any atom is 0.132 e. The van der Waals surface area contributed by atoms with E-state index in [4.69, 9.17) is 4.74 Å². The largest absolute Gasteiger partial charge is 0.550 e. The van der Waals surface area contributed by atoms with E-state index >= 15 is 0 Å². The van der Waals surface area contributed by atoms with Gasteiger partial charge in [0, 0.05) is 29.7 Å². The summed E-state index contributed by atoms with van der Waals surface area (Å²) in [6.07, 6.45) is 0.975. The normalized spacial score (nSPS) is 18.3. The predicted molar refractivity (Wildman–Crippen MR) is 67.7 cm³/mol. The molecular weight excluding hydrogens is 244 g/mol. The molecular formula is C14H16N2O3. The fourth-order valence-corrected chi connectivity index (χ4v) is 2.87. The maximum atomic E-state index is 10.8. The van der Waals surface area contributed by atoms with E-state index in [1.54, 1.807) is 7.11 Å². The summed E-state index contributed by atoms with van der Waals surface area (Å²) in [4.78, 5) is 14.2. The van der Waals surface area contributed by atoms with Gasteiger partial charge in [0.05, 0.1) is 19.3 Å². The number of ether oxygens (including phenoxy) is 1. The number of methoxy groups -OCH3 is 1. The minimum absolute atomic E-state index is 0.0386. The van der Waals surface area contributed by atoms with Crippen LogP contribution in [-0.4, -0.2) is 24.6 Å². The average molecular weight is 260 g/mol. The van der Waals surface area contributed by atoms with E-state index in [1.165, 1.54) is 5.56 Å². The number of fused-ring (bicyclic) bond motifs is 3. The minimum Gasteiger partial charge on any atom is -0.550 e. The Kier molecular flexibility index (Phi) is 2.91. The Morgan fingerprint density at radius 2 is 2.42 bits per heavy atom. The lowest BCUT2D eigenvalue weighted by atomic mass is 9.97. The number of nitrogens with one attached hydrogen (secondary N) is 1. The van der Waals surface area contributed by atoms with Crippen LogP contribution in [0.2, 0.25) is 0 Å². The first-order valence-corrected chi connectivity index (χ1v) is 6.40. The Bertz CT molecular complexity index is 633. The summed E-state index contributed by atoms with van der Waals surface area (Å²) in [5, 5.41) is 14.0. The maximum absolute atomic E-state index is 10.8. The lowest BCUT2D eigenvalue weighted by Gasteiger charge is -2.21. The first-order chi connectivity index (χ1) is 9.19.